The Morgan fingerprint density at radius 1 is 1.06 bits per heavy atom. The summed E-state index contributed by atoms with van der Waals surface area (Å²) in [5.74, 6) is 0. The third kappa shape index (κ3) is 1.30. The maximum Gasteiger partial charge on any atom is -0.00850 e. The van der Waals surface area contributed by atoms with Gasteiger partial charge in [0.2, 0.25) is 0 Å². The maximum atomic E-state index is 2.38. The minimum Gasteiger partial charge on any atom is -0.0801 e. The largest absolute Gasteiger partial charge is 0.0801 e. The molecular weight excluding hydrogens is 192 g/mol. The highest BCUT2D eigenvalue weighted by Crippen LogP contribution is 2.23. The van der Waals surface area contributed by atoms with Crippen LogP contribution in [0.1, 0.15) is 24.0 Å². The molecule has 0 atom stereocenters. The molecule has 0 N–H and O–H groups in total. The molecule has 16 heavy (non-hydrogen) atoms. The van der Waals surface area contributed by atoms with Gasteiger partial charge in [0.1, 0.15) is 0 Å². The van der Waals surface area contributed by atoms with E-state index in [-0.39, 0.29) is 0 Å². The van der Waals surface area contributed by atoms with E-state index < -0.39 is 0 Å². The van der Waals surface area contributed by atoms with Crippen molar-refractivity contribution in [3.63, 3.8) is 0 Å². The van der Waals surface area contributed by atoms with Crippen molar-refractivity contribution >= 4 is 11.6 Å². The molecule has 0 radical (unpaired) electrons. The molecular formula is C16H16. The van der Waals surface area contributed by atoms with Gasteiger partial charge in [0.05, 0.1) is 0 Å². The normalized spacial score (nSPS) is 17.4. The predicted molar refractivity (Wildman–Crippen MR) is 69.5 cm³/mol. The molecule has 0 saturated carbocycles. The predicted octanol–water partition coefficient (Wildman–Crippen LogP) is 2.52. The van der Waals surface area contributed by atoms with E-state index in [1.807, 2.05) is 0 Å². The minimum absolute atomic E-state index is 1.09. The van der Waals surface area contributed by atoms with Crippen LogP contribution in [-0.2, 0) is 0 Å². The first-order chi connectivity index (χ1) is 7.77. The molecule has 0 nitrogen and oxygen atoms in total. The summed E-state index contributed by atoms with van der Waals surface area (Å²) < 4.78 is 0. The van der Waals surface area contributed by atoms with Crippen LogP contribution in [0.25, 0.3) is 11.6 Å². The Balaban J connectivity index is 2.46. The van der Waals surface area contributed by atoms with E-state index in [2.05, 4.69) is 50.3 Å². The summed E-state index contributed by atoms with van der Waals surface area (Å²) in [4.78, 5) is 0. The lowest BCUT2D eigenvalue weighted by atomic mass is 9.88. The van der Waals surface area contributed by atoms with E-state index in [9.17, 15) is 0 Å². The topological polar surface area (TPSA) is 0 Å². The van der Waals surface area contributed by atoms with E-state index in [0.29, 0.717) is 0 Å². The lowest BCUT2D eigenvalue weighted by Gasteiger charge is -2.16. The molecule has 0 saturated heterocycles. The first-order valence-electron chi connectivity index (χ1n) is 5.94. The minimum atomic E-state index is 1.09. The third-order valence-corrected chi connectivity index (χ3v) is 3.73. The van der Waals surface area contributed by atoms with Crippen molar-refractivity contribution in [1.29, 1.82) is 0 Å². The van der Waals surface area contributed by atoms with Gasteiger partial charge in [-0.2, -0.15) is 0 Å². The van der Waals surface area contributed by atoms with E-state index in [4.69, 9.17) is 0 Å². The quantitative estimate of drug-likeness (QED) is 0.614. The van der Waals surface area contributed by atoms with Crippen LogP contribution in [0.2, 0.25) is 0 Å². The van der Waals surface area contributed by atoms with Crippen LogP contribution in [0.15, 0.2) is 35.9 Å². The Labute approximate surface area is 96.3 Å². The Bertz CT molecular complexity index is 625. The van der Waals surface area contributed by atoms with Crippen molar-refractivity contribution in [2.75, 3.05) is 0 Å². The first-order valence-corrected chi connectivity index (χ1v) is 5.94. The zero-order valence-corrected chi connectivity index (χ0v) is 9.88. The van der Waals surface area contributed by atoms with Crippen molar-refractivity contribution in [2.24, 2.45) is 0 Å². The van der Waals surface area contributed by atoms with Crippen molar-refractivity contribution in [3.05, 3.63) is 57.5 Å². The number of hydrogen-bond acceptors (Lipinski definition) is 0. The fourth-order valence-corrected chi connectivity index (χ4v) is 2.62. The molecule has 80 valence electrons. The molecule has 0 fully saturated rings. The van der Waals surface area contributed by atoms with Gasteiger partial charge in [-0.1, -0.05) is 36.4 Å². The second kappa shape index (κ2) is 3.48. The Hall–Kier alpha value is -1.56. The molecule has 0 aromatic heterocycles. The fraction of sp³-hybridized carbons (Fsp3) is 0.250. The molecule has 0 heterocycles. The Morgan fingerprint density at radius 3 is 2.81 bits per heavy atom. The van der Waals surface area contributed by atoms with E-state index in [1.165, 1.54) is 32.7 Å². The number of rotatable bonds is 0. The molecule has 2 aliphatic rings. The fourth-order valence-electron chi connectivity index (χ4n) is 2.62. The van der Waals surface area contributed by atoms with Gasteiger partial charge in [0, 0.05) is 0 Å². The standard InChI is InChI=1S/C16H16/c1-11-7-9-16-14(12(11)2)10-8-13-5-3-4-6-15(13)16/h4-7,9-10H,3,8H2,1-2H3. The summed E-state index contributed by atoms with van der Waals surface area (Å²) in [7, 11) is 0. The molecule has 3 rings (SSSR count). The highest BCUT2D eigenvalue weighted by Gasteiger charge is 2.11. The maximum absolute atomic E-state index is 2.38. The molecule has 0 unspecified atom stereocenters. The number of allylic oxidation sites excluding steroid dienone is 4. The molecule has 0 bridgehead atoms. The second-order valence-corrected chi connectivity index (χ2v) is 4.66. The molecule has 0 spiro atoms. The van der Waals surface area contributed by atoms with Gasteiger partial charge in [0.15, 0.2) is 0 Å². The third-order valence-electron chi connectivity index (χ3n) is 3.73. The number of benzene rings is 1. The lowest BCUT2D eigenvalue weighted by Crippen LogP contribution is -2.33. The van der Waals surface area contributed by atoms with Gasteiger partial charge in [-0.05, 0) is 59.4 Å². The molecule has 0 amide bonds. The number of fused-ring (bicyclic) bond motifs is 2. The average Bonchev–Trinajstić information content (AvgIpc) is 2.33. The van der Waals surface area contributed by atoms with Crippen LogP contribution in [0.3, 0.4) is 0 Å². The van der Waals surface area contributed by atoms with Gasteiger partial charge < -0.3 is 0 Å². The molecule has 2 aliphatic carbocycles. The van der Waals surface area contributed by atoms with E-state index in [0.717, 1.165) is 12.8 Å². The summed E-state index contributed by atoms with van der Waals surface area (Å²) in [6, 6.07) is 4.51. The van der Waals surface area contributed by atoms with Gasteiger partial charge in [-0.3, -0.25) is 0 Å². The Kier molecular flexibility index (Phi) is 2.10. The van der Waals surface area contributed by atoms with E-state index in [1.54, 1.807) is 0 Å². The zero-order chi connectivity index (χ0) is 11.1. The smallest absolute Gasteiger partial charge is 0.00850 e. The SMILES string of the molecule is Cc1ccc2c(c1C)=CCC1=CCC=CC=21. The van der Waals surface area contributed by atoms with Gasteiger partial charge in [-0.15, -0.1) is 0 Å². The lowest BCUT2D eigenvalue weighted by molar-refractivity contribution is 1.18. The zero-order valence-electron chi connectivity index (χ0n) is 9.88. The van der Waals surface area contributed by atoms with Gasteiger partial charge in [0.25, 0.3) is 0 Å². The summed E-state index contributed by atoms with van der Waals surface area (Å²) in [6.07, 6.45) is 11.5. The van der Waals surface area contributed by atoms with Crippen LogP contribution in [-0.4, -0.2) is 0 Å². The number of aryl methyl sites for hydroxylation is 1. The second-order valence-electron chi connectivity index (χ2n) is 4.66. The molecule has 0 aliphatic heterocycles. The highest BCUT2D eigenvalue weighted by atomic mass is 14.2. The van der Waals surface area contributed by atoms with Gasteiger partial charge >= 0.3 is 0 Å². The van der Waals surface area contributed by atoms with Crippen molar-refractivity contribution in [3.8, 4) is 0 Å². The van der Waals surface area contributed by atoms with Crippen molar-refractivity contribution in [1.82, 2.24) is 0 Å². The van der Waals surface area contributed by atoms with E-state index >= 15 is 0 Å². The van der Waals surface area contributed by atoms with Crippen molar-refractivity contribution < 1.29 is 0 Å². The molecule has 0 heteroatoms. The van der Waals surface area contributed by atoms with Crippen LogP contribution >= 0.6 is 0 Å². The first kappa shape index (κ1) is 9.65. The number of hydrogen-bond donors (Lipinski definition) is 0. The molecule has 1 aromatic rings. The summed E-state index contributed by atoms with van der Waals surface area (Å²) in [5, 5.41) is 2.86. The van der Waals surface area contributed by atoms with Crippen LogP contribution in [0, 0.1) is 13.8 Å². The van der Waals surface area contributed by atoms with Gasteiger partial charge in [-0.25, -0.2) is 0 Å². The average molecular weight is 208 g/mol. The monoisotopic (exact) mass is 208 g/mol. The summed E-state index contributed by atoms with van der Waals surface area (Å²) >= 11 is 0. The van der Waals surface area contributed by atoms with Crippen LogP contribution in [0.4, 0.5) is 0 Å². The van der Waals surface area contributed by atoms with Crippen molar-refractivity contribution in [2.45, 2.75) is 26.7 Å². The molecule has 1 aromatic carbocycles. The highest BCUT2D eigenvalue weighted by molar-refractivity contribution is 5.78. The summed E-state index contributed by atoms with van der Waals surface area (Å²) in [6.45, 7) is 4.42. The van der Waals surface area contributed by atoms with Crippen LogP contribution in [0.5, 0.6) is 0 Å². The summed E-state index contributed by atoms with van der Waals surface area (Å²) in [5.41, 5.74) is 5.76. The van der Waals surface area contributed by atoms with Crippen LogP contribution < -0.4 is 10.4 Å². The Morgan fingerprint density at radius 2 is 1.94 bits per heavy atom.